The van der Waals surface area contributed by atoms with Gasteiger partial charge in [0.25, 0.3) is 10.0 Å². The molecule has 0 radical (unpaired) electrons. The summed E-state index contributed by atoms with van der Waals surface area (Å²) in [5, 5.41) is 5.39. The van der Waals surface area contributed by atoms with Crippen molar-refractivity contribution >= 4 is 21.4 Å². The van der Waals surface area contributed by atoms with Crippen LogP contribution in [0.3, 0.4) is 0 Å². The predicted molar refractivity (Wildman–Crippen MR) is 76.8 cm³/mol. The zero-order chi connectivity index (χ0) is 13.3. The van der Waals surface area contributed by atoms with Crippen molar-refractivity contribution in [3.8, 4) is 0 Å². The average molecular weight is 300 g/mol. The molecule has 1 aliphatic heterocycles. The van der Waals surface area contributed by atoms with E-state index in [2.05, 4.69) is 5.32 Å². The van der Waals surface area contributed by atoms with E-state index in [1.165, 1.54) is 24.2 Å². The third-order valence-corrected chi connectivity index (χ3v) is 7.21. The van der Waals surface area contributed by atoms with Crippen LogP contribution in [0.4, 0.5) is 0 Å². The van der Waals surface area contributed by atoms with E-state index in [0.29, 0.717) is 23.3 Å². The van der Waals surface area contributed by atoms with Gasteiger partial charge >= 0.3 is 0 Å². The summed E-state index contributed by atoms with van der Waals surface area (Å²) < 4.78 is 26.8. The molecule has 1 saturated heterocycles. The Morgan fingerprint density at radius 3 is 2.58 bits per heavy atom. The molecule has 0 bridgehead atoms. The fraction of sp³-hybridized carbons (Fsp3) is 0.692. The topological polar surface area (TPSA) is 49.4 Å². The lowest BCUT2D eigenvalue weighted by atomic mass is 10.1. The summed E-state index contributed by atoms with van der Waals surface area (Å²) in [5.41, 5.74) is 0. The maximum atomic E-state index is 12.3. The zero-order valence-corrected chi connectivity index (χ0v) is 12.5. The van der Waals surface area contributed by atoms with Crippen molar-refractivity contribution in [1.29, 1.82) is 0 Å². The summed E-state index contributed by atoms with van der Waals surface area (Å²) in [6, 6.07) is 3.98. The number of piperidine rings is 1. The first-order valence-electron chi connectivity index (χ1n) is 6.93. The number of thiophene rings is 1. The van der Waals surface area contributed by atoms with E-state index >= 15 is 0 Å². The molecule has 19 heavy (non-hydrogen) atoms. The first kappa shape index (κ1) is 13.5. The van der Waals surface area contributed by atoms with E-state index in [0.717, 1.165) is 25.3 Å². The Morgan fingerprint density at radius 2 is 2.00 bits per heavy atom. The van der Waals surface area contributed by atoms with Gasteiger partial charge in [-0.25, -0.2) is 8.42 Å². The third-order valence-electron chi connectivity index (χ3n) is 3.94. The molecular formula is C13H20N2O2S2. The van der Waals surface area contributed by atoms with Crippen molar-refractivity contribution in [3.63, 3.8) is 0 Å². The van der Waals surface area contributed by atoms with E-state index in [1.54, 1.807) is 16.4 Å². The van der Waals surface area contributed by atoms with Gasteiger partial charge in [0, 0.05) is 19.1 Å². The van der Waals surface area contributed by atoms with Crippen molar-refractivity contribution in [3.05, 3.63) is 17.5 Å². The molecule has 6 heteroatoms. The molecule has 1 aromatic rings. The van der Waals surface area contributed by atoms with Crippen molar-refractivity contribution in [2.24, 2.45) is 5.92 Å². The normalized spacial score (nSPS) is 22.7. The lowest BCUT2D eigenvalue weighted by Gasteiger charge is -2.31. The minimum Gasteiger partial charge on any atom is -0.314 e. The number of sulfonamides is 1. The molecule has 0 aromatic carbocycles. The van der Waals surface area contributed by atoms with E-state index in [9.17, 15) is 8.42 Å². The van der Waals surface area contributed by atoms with E-state index in [-0.39, 0.29) is 0 Å². The summed E-state index contributed by atoms with van der Waals surface area (Å²) in [7, 11) is -3.24. The van der Waals surface area contributed by atoms with Crippen LogP contribution in [0.15, 0.2) is 21.7 Å². The van der Waals surface area contributed by atoms with Crippen LogP contribution in [-0.2, 0) is 10.0 Å². The Hall–Kier alpha value is -0.430. The predicted octanol–water partition coefficient (Wildman–Crippen LogP) is 1.90. The van der Waals surface area contributed by atoms with Gasteiger partial charge in [-0.1, -0.05) is 6.07 Å². The van der Waals surface area contributed by atoms with Crippen LogP contribution in [0.5, 0.6) is 0 Å². The first-order valence-corrected chi connectivity index (χ1v) is 9.25. The molecule has 2 aliphatic rings. The van der Waals surface area contributed by atoms with Crippen molar-refractivity contribution in [1.82, 2.24) is 9.62 Å². The van der Waals surface area contributed by atoms with Gasteiger partial charge in [-0.05, 0) is 49.6 Å². The molecule has 0 amide bonds. The van der Waals surface area contributed by atoms with Crippen LogP contribution in [0.2, 0.25) is 0 Å². The fourth-order valence-corrected chi connectivity index (χ4v) is 5.11. The number of hydrogen-bond donors (Lipinski definition) is 1. The van der Waals surface area contributed by atoms with Crippen LogP contribution in [0.1, 0.15) is 25.7 Å². The molecule has 106 valence electrons. The van der Waals surface area contributed by atoms with Crippen molar-refractivity contribution < 1.29 is 8.42 Å². The molecule has 1 saturated carbocycles. The van der Waals surface area contributed by atoms with Gasteiger partial charge in [0.1, 0.15) is 4.21 Å². The van der Waals surface area contributed by atoms with E-state index in [4.69, 9.17) is 0 Å². The molecule has 4 nitrogen and oxygen atoms in total. The van der Waals surface area contributed by atoms with Gasteiger partial charge in [0.2, 0.25) is 0 Å². The molecule has 0 unspecified atom stereocenters. The van der Waals surface area contributed by atoms with Crippen LogP contribution < -0.4 is 5.32 Å². The van der Waals surface area contributed by atoms with E-state index in [1.807, 2.05) is 5.38 Å². The smallest absolute Gasteiger partial charge is 0.252 e. The van der Waals surface area contributed by atoms with Crippen LogP contribution >= 0.6 is 11.3 Å². The Bertz CT molecular complexity index is 501. The molecule has 1 aliphatic carbocycles. The van der Waals surface area contributed by atoms with Gasteiger partial charge in [0.05, 0.1) is 0 Å². The minimum atomic E-state index is -3.24. The quantitative estimate of drug-likeness (QED) is 0.903. The second kappa shape index (κ2) is 5.52. The fourth-order valence-electron chi connectivity index (χ4n) is 2.49. The molecule has 2 heterocycles. The highest BCUT2D eigenvalue weighted by atomic mass is 32.2. The van der Waals surface area contributed by atoms with Gasteiger partial charge in [-0.2, -0.15) is 4.31 Å². The van der Waals surface area contributed by atoms with Crippen LogP contribution in [0.25, 0.3) is 0 Å². The largest absolute Gasteiger partial charge is 0.314 e. The van der Waals surface area contributed by atoms with Gasteiger partial charge in [-0.15, -0.1) is 11.3 Å². The first-order chi connectivity index (χ1) is 9.16. The SMILES string of the molecule is O=S(=O)(c1cccs1)N1CCC(NCC2CC2)CC1. The Balaban J connectivity index is 1.54. The summed E-state index contributed by atoms with van der Waals surface area (Å²) in [6.45, 7) is 2.40. The molecule has 3 rings (SSSR count). The van der Waals surface area contributed by atoms with Gasteiger partial charge in [-0.3, -0.25) is 0 Å². The Labute approximate surface area is 118 Å². The zero-order valence-electron chi connectivity index (χ0n) is 10.9. The number of nitrogens with zero attached hydrogens (tertiary/aromatic N) is 1. The highest BCUT2D eigenvalue weighted by Crippen LogP contribution is 2.28. The average Bonchev–Trinajstić information content (AvgIpc) is 3.07. The lowest BCUT2D eigenvalue weighted by molar-refractivity contribution is 0.288. The summed E-state index contributed by atoms with van der Waals surface area (Å²) in [4.78, 5) is 0. The molecule has 2 fully saturated rings. The third kappa shape index (κ3) is 3.18. The lowest BCUT2D eigenvalue weighted by Crippen LogP contribution is -2.45. The summed E-state index contributed by atoms with van der Waals surface area (Å²) in [5.74, 6) is 0.882. The highest BCUT2D eigenvalue weighted by molar-refractivity contribution is 7.91. The number of rotatable bonds is 5. The maximum absolute atomic E-state index is 12.3. The maximum Gasteiger partial charge on any atom is 0.252 e. The molecular weight excluding hydrogens is 280 g/mol. The molecule has 0 spiro atoms. The van der Waals surface area contributed by atoms with Crippen molar-refractivity contribution in [2.75, 3.05) is 19.6 Å². The Morgan fingerprint density at radius 1 is 1.26 bits per heavy atom. The van der Waals surface area contributed by atoms with Crippen LogP contribution in [-0.4, -0.2) is 38.4 Å². The molecule has 0 atom stereocenters. The van der Waals surface area contributed by atoms with Crippen LogP contribution in [0, 0.1) is 5.92 Å². The van der Waals surface area contributed by atoms with E-state index < -0.39 is 10.0 Å². The number of nitrogens with one attached hydrogen (secondary N) is 1. The standard InChI is InChI=1S/C13H20N2O2S2/c16-19(17,13-2-1-9-18-13)15-7-5-12(6-8-15)14-10-11-3-4-11/h1-2,9,11-12,14H,3-8,10H2. The van der Waals surface area contributed by atoms with Crippen molar-refractivity contribution in [2.45, 2.75) is 35.9 Å². The molecule has 1 aromatic heterocycles. The highest BCUT2D eigenvalue weighted by Gasteiger charge is 2.30. The Kier molecular flexibility index (Phi) is 3.93. The minimum absolute atomic E-state index is 0.469. The summed E-state index contributed by atoms with van der Waals surface area (Å²) >= 11 is 1.30. The summed E-state index contributed by atoms with van der Waals surface area (Å²) in [6.07, 6.45) is 4.58. The second-order valence-corrected chi connectivity index (χ2v) is 8.57. The monoisotopic (exact) mass is 300 g/mol. The van der Waals surface area contributed by atoms with Gasteiger partial charge in [0.15, 0.2) is 0 Å². The van der Waals surface area contributed by atoms with Gasteiger partial charge < -0.3 is 5.32 Å². The number of hydrogen-bond acceptors (Lipinski definition) is 4. The molecule has 1 N–H and O–H groups in total. The second-order valence-electron chi connectivity index (χ2n) is 5.46.